The van der Waals surface area contributed by atoms with Crippen molar-refractivity contribution in [1.29, 1.82) is 5.26 Å². The van der Waals surface area contributed by atoms with Gasteiger partial charge in [-0.2, -0.15) is 5.26 Å². The highest BCUT2D eigenvalue weighted by molar-refractivity contribution is 7.85. The molecule has 0 radical (unpaired) electrons. The van der Waals surface area contributed by atoms with E-state index in [1.54, 1.807) is 6.92 Å². The van der Waals surface area contributed by atoms with Gasteiger partial charge in [0.25, 0.3) is 0 Å². The van der Waals surface area contributed by atoms with Gasteiger partial charge in [-0.15, -0.1) is 0 Å². The van der Waals surface area contributed by atoms with E-state index in [0.29, 0.717) is 6.42 Å². The van der Waals surface area contributed by atoms with Gasteiger partial charge in [0.05, 0.1) is 6.07 Å². The van der Waals surface area contributed by atoms with Gasteiger partial charge in [0, 0.05) is 41.9 Å². The summed E-state index contributed by atoms with van der Waals surface area (Å²) in [7, 11) is -0.625. The summed E-state index contributed by atoms with van der Waals surface area (Å²) in [6.45, 7) is 4.31. The summed E-state index contributed by atoms with van der Waals surface area (Å²) >= 11 is 0. The Morgan fingerprint density at radius 2 is 2.14 bits per heavy atom. The van der Waals surface area contributed by atoms with Crippen LogP contribution in [-0.2, 0) is 10.8 Å². The summed E-state index contributed by atoms with van der Waals surface area (Å²) in [6, 6.07) is 2.08. The van der Waals surface area contributed by atoms with Gasteiger partial charge in [0.2, 0.25) is 0 Å². The fraction of sp³-hybridized carbons (Fsp3) is 0.889. The van der Waals surface area contributed by atoms with Crippen molar-refractivity contribution in [3.05, 3.63) is 0 Å². The Balaban J connectivity index is 2.26. The van der Waals surface area contributed by atoms with Crippen molar-refractivity contribution in [3.63, 3.8) is 0 Å². The third kappa shape index (κ3) is 3.74. The molecule has 1 heterocycles. The Bertz CT molecular complexity index is 249. The van der Waals surface area contributed by atoms with Gasteiger partial charge in [-0.05, 0) is 13.3 Å². The van der Waals surface area contributed by atoms with E-state index in [2.05, 4.69) is 11.0 Å². The standard InChI is InChI=1S/C9H17N3OS/c1-9(11,8-10)2-3-12-4-6-14(13)7-5-12/h2-7,11H2,1H3. The molecule has 0 aromatic carbocycles. The summed E-state index contributed by atoms with van der Waals surface area (Å²) in [5.74, 6) is 1.52. The van der Waals surface area contributed by atoms with Crippen LogP contribution in [0.2, 0.25) is 0 Å². The molecule has 1 fully saturated rings. The minimum Gasteiger partial charge on any atom is -0.314 e. The van der Waals surface area contributed by atoms with Crippen LogP contribution < -0.4 is 5.73 Å². The van der Waals surface area contributed by atoms with Crippen LogP contribution in [0.1, 0.15) is 13.3 Å². The molecule has 0 aromatic heterocycles. The average Bonchev–Trinajstić information content (AvgIpc) is 2.17. The van der Waals surface area contributed by atoms with E-state index in [9.17, 15) is 4.21 Å². The van der Waals surface area contributed by atoms with Crippen molar-refractivity contribution in [2.75, 3.05) is 31.1 Å². The number of hydrogen-bond acceptors (Lipinski definition) is 4. The van der Waals surface area contributed by atoms with Crippen molar-refractivity contribution >= 4 is 10.8 Å². The molecular formula is C9H17N3OS. The van der Waals surface area contributed by atoms with Crippen LogP contribution in [-0.4, -0.2) is 45.8 Å². The van der Waals surface area contributed by atoms with Crippen LogP contribution in [0.15, 0.2) is 0 Å². The lowest BCUT2D eigenvalue weighted by Crippen LogP contribution is -2.43. The van der Waals surface area contributed by atoms with Crippen LogP contribution in [0, 0.1) is 11.3 Å². The van der Waals surface area contributed by atoms with Crippen LogP contribution in [0.3, 0.4) is 0 Å². The molecule has 1 unspecified atom stereocenters. The van der Waals surface area contributed by atoms with Crippen molar-refractivity contribution < 1.29 is 4.21 Å². The highest BCUT2D eigenvalue weighted by Gasteiger charge is 2.20. The highest BCUT2D eigenvalue weighted by atomic mass is 32.2. The summed E-state index contributed by atoms with van der Waals surface area (Å²) in [5, 5.41) is 8.72. The zero-order chi connectivity index (χ0) is 10.6. The molecule has 80 valence electrons. The maximum absolute atomic E-state index is 11.1. The largest absolute Gasteiger partial charge is 0.314 e. The number of nitrogens with two attached hydrogens (primary N) is 1. The van der Waals surface area contributed by atoms with Crippen molar-refractivity contribution in [2.45, 2.75) is 18.9 Å². The fourth-order valence-electron chi connectivity index (χ4n) is 1.35. The molecule has 0 aromatic rings. The molecule has 0 aliphatic carbocycles. The lowest BCUT2D eigenvalue weighted by Gasteiger charge is -2.28. The number of nitriles is 1. The monoisotopic (exact) mass is 215 g/mol. The van der Waals surface area contributed by atoms with Crippen molar-refractivity contribution in [3.8, 4) is 6.07 Å². The quantitative estimate of drug-likeness (QED) is 0.700. The molecule has 0 spiro atoms. The van der Waals surface area contributed by atoms with Gasteiger partial charge in [-0.25, -0.2) is 0 Å². The second-order valence-electron chi connectivity index (χ2n) is 3.97. The van der Waals surface area contributed by atoms with Gasteiger partial charge in [0.15, 0.2) is 0 Å². The summed E-state index contributed by atoms with van der Waals surface area (Å²) < 4.78 is 11.1. The maximum atomic E-state index is 11.1. The van der Waals surface area contributed by atoms with E-state index in [1.807, 2.05) is 0 Å². The predicted octanol–water partition coefficient (Wildman–Crippen LogP) is -0.318. The molecule has 0 amide bonds. The third-order valence-electron chi connectivity index (χ3n) is 2.47. The molecule has 0 saturated carbocycles. The zero-order valence-corrected chi connectivity index (χ0v) is 9.35. The first-order valence-electron chi connectivity index (χ1n) is 4.81. The third-order valence-corrected chi connectivity index (χ3v) is 3.75. The van der Waals surface area contributed by atoms with E-state index in [-0.39, 0.29) is 0 Å². The molecule has 2 N–H and O–H groups in total. The lowest BCUT2D eigenvalue weighted by molar-refractivity contribution is 0.278. The summed E-state index contributed by atoms with van der Waals surface area (Å²) in [4.78, 5) is 2.23. The van der Waals surface area contributed by atoms with Crippen LogP contribution >= 0.6 is 0 Å². The highest BCUT2D eigenvalue weighted by Crippen LogP contribution is 2.07. The van der Waals surface area contributed by atoms with Crippen LogP contribution in [0.25, 0.3) is 0 Å². The maximum Gasteiger partial charge on any atom is 0.102 e. The van der Waals surface area contributed by atoms with E-state index in [4.69, 9.17) is 11.0 Å². The Kier molecular flexibility index (Phi) is 4.05. The first-order valence-corrected chi connectivity index (χ1v) is 6.30. The molecule has 0 bridgehead atoms. The Morgan fingerprint density at radius 3 is 2.64 bits per heavy atom. The fourth-order valence-corrected chi connectivity index (χ4v) is 2.47. The van der Waals surface area contributed by atoms with Crippen molar-refractivity contribution in [2.24, 2.45) is 5.73 Å². The molecule has 1 aliphatic heterocycles. The van der Waals surface area contributed by atoms with Gasteiger partial charge < -0.3 is 10.6 Å². The summed E-state index contributed by atoms with van der Waals surface area (Å²) in [6.07, 6.45) is 0.677. The number of nitrogens with zero attached hydrogens (tertiary/aromatic N) is 2. The van der Waals surface area contributed by atoms with Gasteiger partial charge >= 0.3 is 0 Å². The smallest absolute Gasteiger partial charge is 0.102 e. The molecule has 4 nitrogen and oxygen atoms in total. The van der Waals surface area contributed by atoms with E-state index in [1.165, 1.54) is 0 Å². The Morgan fingerprint density at radius 1 is 1.57 bits per heavy atom. The van der Waals surface area contributed by atoms with Gasteiger partial charge in [-0.1, -0.05) is 0 Å². The Hall–Kier alpha value is -0.440. The average molecular weight is 215 g/mol. The first kappa shape index (κ1) is 11.6. The normalized spacial score (nSPS) is 24.1. The van der Waals surface area contributed by atoms with Gasteiger partial charge in [0.1, 0.15) is 5.54 Å². The van der Waals surface area contributed by atoms with Crippen molar-refractivity contribution in [1.82, 2.24) is 4.90 Å². The molecule has 1 rings (SSSR count). The molecule has 1 saturated heterocycles. The molecular weight excluding hydrogens is 198 g/mol. The second-order valence-corrected chi connectivity index (χ2v) is 5.67. The lowest BCUT2D eigenvalue weighted by atomic mass is 10.0. The molecule has 1 aliphatic rings. The molecule has 14 heavy (non-hydrogen) atoms. The topological polar surface area (TPSA) is 70.1 Å². The van der Waals surface area contributed by atoms with E-state index in [0.717, 1.165) is 31.1 Å². The predicted molar refractivity (Wildman–Crippen MR) is 57.1 cm³/mol. The number of hydrogen-bond donors (Lipinski definition) is 1. The SMILES string of the molecule is CC(N)(C#N)CCN1CCS(=O)CC1. The minimum atomic E-state index is -0.726. The summed E-state index contributed by atoms with van der Waals surface area (Å²) in [5.41, 5.74) is 4.99. The first-order chi connectivity index (χ1) is 6.53. The number of rotatable bonds is 3. The van der Waals surface area contributed by atoms with Gasteiger partial charge in [-0.3, -0.25) is 4.21 Å². The van der Waals surface area contributed by atoms with Crippen LogP contribution in [0.5, 0.6) is 0 Å². The molecule has 1 atom stereocenters. The van der Waals surface area contributed by atoms with E-state index < -0.39 is 16.3 Å². The minimum absolute atomic E-state index is 0.625. The Labute approximate surface area is 87.5 Å². The van der Waals surface area contributed by atoms with Crippen LogP contribution in [0.4, 0.5) is 0 Å². The second kappa shape index (κ2) is 4.87. The molecule has 5 heteroatoms. The zero-order valence-electron chi connectivity index (χ0n) is 8.53. The van der Waals surface area contributed by atoms with E-state index >= 15 is 0 Å².